The summed E-state index contributed by atoms with van der Waals surface area (Å²) < 4.78 is 0. The molecule has 1 aromatic heterocycles. The van der Waals surface area contributed by atoms with Crippen molar-refractivity contribution >= 4 is 28.1 Å². The second-order valence-electron chi connectivity index (χ2n) is 3.65. The van der Waals surface area contributed by atoms with Crippen molar-refractivity contribution < 1.29 is 14.7 Å². The van der Waals surface area contributed by atoms with Gasteiger partial charge in [0.05, 0.1) is 0 Å². The van der Waals surface area contributed by atoms with Gasteiger partial charge in [-0.3, -0.25) is 0 Å². The lowest BCUT2D eigenvalue weighted by Crippen LogP contribution is -2.33. The van der Waals surface area contributed by atoms with Crippen LogP contribution in [0.5, 0.6) is 0 Å². The van der Waals surface area contributed by atoms with Crippen LogP contribution in [0.15, 0.2) is 10.5 Å². The number of nitrogens with zero attached hydrogens (tertiary/aromatic N) is 2. The van der Waals surface area contributed by atoms with Gasteiger partial charge in [0, 0.05) is 5.38 Å². The van der Waals surface area contributed by atoms with Crippen molar-refractivity contribution in [3.63, 3.8) is 0 Å². The maximum absolute atomic E-state index is 10.7. The molecule has 18 heavy (non-hydrogen) atoms. The summed E-state index contributed by atoms with van der Waals surface area (Å²) in [6.45, 7) is 8.51. The number of anilines is 1. The Bertz CT molecular complexity index is 427. The molecule has 0 aliphatic heterocycles. The Hall–Kier alpha value is -1.63. The van der Waals surface area contributed by atoms with Gasteiger partial charge in [0.15, 0.2) is 5.13 Å². The van der Waals surface area contributed by atoms with Crippen LogP contribution in [0.1, 0.15) is 40.3 Å². The number of aliphatic carboxylic acids is 1. The summed E-state index contributed by atoms with van der Waals surface area (Å²) in [7, 11) is 0. The van der Waals surface area contributed by atoms with Crippen molar-refractivity contribution in [1.29, 1.82) is 0 Å². The summed E-state index contributed by atoms with van der Waals surface area (Å²) in [5, 5.41) is 14.7. The highest BCUT2D eigenvalue weighted by Gasteiger charge is 2.29. The normalized spacial score (nSPS) is 11.5. The van der Waals surface area contributed by atoms with E-state index in [0.29, 0.717) is 16.5 Å². The number of oxime groups is 1. The van der Waals surface area contributed by atoms with Gasteiger partial charge in [-0.2, -0.15) is 0 Å². The molecule has 0 aliphatic carbocycles. The highest BCUT2D eigenvalue weighted by atomic mass is 32.1. The summed E-state index contributed by atoms with van der Waals surface area (Å²) in [5.41, 5.74) is 5.18. The van der Waals surface area contributed by atoms with E-state index in [1.165, 1.54) is 25.2 Å². The molecule has 1 aromatic rings. The lowest BCUT2D eigenvalue weighted by molar-refractivity contribution is -0.161. The summed E-state index contributed by atoms with van der Waals surface area (Å²) >= 11 is 1.29. The summed E-state index contributed by atoms with van der Waals surface area (Å²) in [6, 6.07) is 0. The number of carboxylic acid groups (broad SMARTS) is 1. The van der Waals surface area contributed by atoms with E-state index in [-0.39, 0.29) is 0 Å². The molecule has 1 rings (SSSR count). The Morgan fingerprint density at radius 3 is 2.50 bits per heavy atom. The first-order chi connectivity index (χ1) is 8.33. The second kappa shape index (κ2) is 6.95. The van der Waals surface area contributed by atoms with E-state index in [9.17, 15) is 4.79 Å². The zero-order valence-corrected chi connectivity index (χ0v) is 12.0. The van der Waals surface area contributed by atoms with Crippen LogP contribution in [0.2, 0.25) is 0 Å². The maximum Gasteiger partial charge on any atom is 0.350 e. The van der Waals surface area contributed by atoms with Gasteiger partial charge in [-0.15, -0.1) is 11.3 Å². The molecule has 102 valence electrons. The molecule has 0 atom stereocenters. The first kappa shape index (κ1) is 16.4. The molecular formula is C11H19N3O3S. The monoisotopic (exact) mass is 273 g/mol. The van der Waals surface area contributed by atoms with Gasteiger partial charge < -0.3 is 15.7 Å². The maximum atomic E-state index is 10.7. The number of nitrogens with two attached hydrogens (primary N) is 1. The number of thiazole rings is 1. The van der Waals surface area contributed by atoms with Crippen molar-refractivity contribution in [3.8, 4) is 0 Å². The van der Waals surface area contributed by atoms with Crippen LogP contribution in [0.4, 0.5) is 5.13 Å². The molecule has 7 heteroatoms. The van der Waals surface area contributed by atoms with Crippen molar-refractivity contribution in [2.24, 2.45) is 5.16 Å². The predicted molar refractivity (Wildman–Crippen MR) is 72.9 cm³/mol. The standard InChI is InChI=1S/C9H13N3O3S.C2H6/c1-5(6-4-16-8(10)11-6)12-15-9(2,3)7(13)14;1-2/h4H,1-3H3,(H2,10,11)(H,13,14);1-2H3/b12-5-;. The molecule has 0 aliphatic rings. The number of nitrogen functional groups attached to an aromatic ring is 1. The number of carboxylic acids is 1. The fourth-order valence-electron chi connectivity index (χ4n) is 0.722. The molecule has 3 N–H and O–H groups in total. The molecule has 0 unspecified atom stereocenters. The van der Waals surface area contributed by atoms with Gasteiger partial charge in [-0.05, 0) is 20.8 Å². The molecule has 6 nitrogen and oxygen atoms in total. The van der Waals surface area contributed by atoms with Gasteiger partial charge >= 0.3 is 5.97 Å². The lowest BCUT2D eigenvalue weighted by atomic mass is 10.1. The van der Waals surface area contributed by atoms with E-state index in [2.05, 4.69) is 10.1 Å². The van der Waals surface area contributed by atoms with Gasteiger partial charge in [0.25, 0.3) is 0 Å². The summed E-state index contributed by atoms with van der Waals surface area (Å²) in [4.78, 5) is 19.7. The fraction of sp³-hybridized carbons (Fsp3) is 0.545. The molecule has 1 heterocycles. The first-order valence-electron chi connectivity index (χ1n) is 5.50. The van der Waals surface area contributed by atoms with Crippen LogP contribution >= 0.6 is 11.3 Å². The molecule has 0 fully saturated rings. The van der Waals surface area contributed by atoms with Crippen molar-refractivity contribution in [2.75, 3.05) is 5.73 Å². The van der Waals surface area contributed by atoms with E-state index >= 15 is 0 Å². The van der Waals surface area contributed by atoms with E-state index in [0.717, 1.165) is 0 Å². The van der Waals surface area contributed by atoms with Crippen LogP contribution in [-0.4, -0.2) is 27.4 Å². The van der Waals surface area contributed by atoms with E-state index in [4.69, 9.17) is 15.7 Å². The highest BCUT2D eigenvalue weighted by molar-refractivity contribution is 7.13. The summed E-state index contributed by atoms with van der Waals surface area (Å²) in [6.07, 6.45) is 0. The van der Waals surface area contributed by atoms with Crippen molar-refractivity contribution in [1.82, 2.24) is 4.98 Å². The lowest BCUT2D eigenvalue weighted by Gasteiger charge is -2.16. The number of hydrogen-bond acceptors (Lipinski definition) is 6. The highest BCUT2D eigenvalue weighted by Crippen LogP contribution is 2.14. The zero-order valence-electron chi connectivity index (χ0n) is 11.2. The number of hydrogen-bond donors (Lipinski definition) is 2. The Morgan fingerprint density at radius 2 is 2.11 bits per heavy atom. The van der Waals surface area contributed by atoms with Crippen LogP contribution in [0.3, 0.4) is 0 Å². The van der Waals surface area contributed by atoms with E-state index < -0.39 is 11.6 Å². The Kier molecular flexibility index (Phi) is 6.32. The molecule has 0 spiro atoms. The minimum Gasteiger partial charge on any atom is -0.478 e. The predicted octanol–water partition coefficient (Wildman–Crippen LogP) is 2.36. The van der Waals surface area contributed by atoms with Crippen molar-refractivity contribution in [2.45, 2.75) is 40.2 Å². The van der Waals surface area contributed by atoms with Gasteiger partial charge in [-0.25, -0.2) is 9.78 Å². The molecular weight excluding hydrogens is 254 g/mol. The average molecular weight is 273 g/mol. The van der Waals surface area contributed by atoms with Crippen LogP contribution in [0, 0.1) is 0 Å². The number of aromatic nitrogens is 1. The Labute approximate surface area is 110 Å². The SMILES string of the molecule is C/C(=N/OC(C)(C)C(=O)O)c1csc(N)n1.CC. The van der Waals surface area contributed by atoms with Crippen LogP contribution < -0.4 is 5.73 Å². The minimum atomic E-state index is -1.36. The fourth-order valence-corrected chi connectivity index (χ4v) is 1.33. The zero-order chi connectivity index (χ0) is 14.3. The largest absolute Gasteiger partial charge is 0.478 e. The van der Waals surface area contributed by atoms with E-state index in [1.54, 1.807) is 12.3 Å². The number of rotatable bonds is 4. The van der Waals surface area contributed by atoms with Crippen LogP contribution in [-0.2, 0) is 9.63 Å². The van der Waals surface area contributed by atoms with Crippen molar-refractivity contribution in [3.05, 3.63) is 11.1 Å². The smallest absolute Gasteiger partial charge is 0.350 e. The molecule has 0 radical (unpaired) electrons. The third kappa shape index (κ3) is 4.70. The molecule has 0 aromatic carbocycles. The Morgan fingerprint density at radius 1 is 1.56 bits per heavy atom. The quantitative estimate of drug-likeness (QED) is 0.648. The molecule has 0 bridgehead atoms. The topological polar surface area (TPSA) is 97.8 Å². The molecule has 0 saturated carbocycles. The van der Waals surface area contributed by atoms with Gasteiger partial charge in [0.1, 0.15) is 11.4 Å². The second-order valence-corrected chi connectivity index (χ2v) is 4.54. The van der Waals surface area contributed by atoms with Crippen LogP contribution in [0.25, 0.3) is 0 Å². The third-order valence-corrected chi connectivity index (χ3v) is 2.49. The number of carbonyl (C=O) groups is 1. The van der Waals surface area contributed by atoms with Gasteiger partial charge in [0.2, 0.25) is 5.60 Å². The Balaban J connectivity index is 0.00000137. The first-order valence-corrected chi connectivity index (χ1v) is 6.38. The third-order valence-electron chi connectivity index (χ3n) is 1.82. The molecule has 0 saturated heterocycles. The van der Waals surface area contributed by atoms with E-state index in [1.807, 2.05) is 13.8 Å². The summed E-state index contributed by atoms with van der Waals surface area (Å²) in [5.74, 6) is -1.08. The molecule has 0 amide bonds. The average Bonchev–Trinajstić information content (AvgIpc) is 2.75. The minimum absolute atomic E-state index is 0.432. The van der Waals surface area contributed by atoms with Gasteiger partial charge in [-0.1, -0.05) is 19.0 Å².